The van der Waals surface area contributed by atoms with Crippen LogP contribution in [0, 0.1) is 5.41 Å². The van der Waals surface area contributed by atoms with Gasteiger partial charge in [0.05, 0.1) is 6.10 Å². The monoisotopic (exact) mass is 231 g/mol. The first-order valence-corrected chi connectivity index (χ1v) is 6.48. The van der Waals surface area contributed by atoms with E-state index in [2.05, 4.69) is 5.32 Å². The number of aliphatic hydroxyl groups is 1. The Morgan fingerprint density at radius 2 is 2.27 bits per heavy atom. The average Bonchev–Trinajstić information content (AvgIpc) is 2.64. The maximum Gasteiger partial charge on any atom is 0.194 e. The van der Waals surface area contributed by atoms with Crippen LogP contribution in [0.2, 0.25) is 0 Å². The third-order valence-corrected chi connectivity index (χ3v) is 3.94. The molecule has 1 aliphatic rings. The van der Waals surface area contributed by atoms with Gasteiger partial charge in [0.25, 0.3) is 0 Å². The van der Waals surface area contributed by atoms with Gasteiger partial charge < -0.3 is 10.4 Å². The predicted octanol–water partition coefficient (Wildman–Crippen LogP) is 1.41. The molecule has 0 spiro atoms. The van der Waals surface area contributed by atoms with E-state index in [1.54, 1.807) is 0 Å². The van der Waals surface area contributed by atoms with Crippen LogP contribution in [0.5, 0.6) is 0 Å². The SMILES string of the molecule is CC(C)(C)C(=O)SC[C@@H](O)[C@@H]1CCCN1. The Balaban J connectivity index is 2.27. The van der Waals surface area contributed by atoms with Gasteiger partial charge in [-0.15, -0.1) is 0 Å². The Labute approximate surface area is 96.0 Å². The molecule has 0 aromatic rings. The van der Waals surface area contributed by atoms with Crippen molar-refractivity contribution < 1.29 is 9.90 Å². The minimum atomic E-state index is -0.399. The fourth-order valence-corrected chi connectivity index (χ4v) is 2.52. The van der Waals surface area contributed by atoms with Crippen molar-refractivity contribution in [3.05, 3.63) is 0 Å². The summed E-state index contributed by atoms with van der Waals surface area (Å²) in [6.45, 7) is 6.70. The normalized spacial score (nSPS) is 24.1. The van der Waals surface area contributed by atoms with E-state index in [1.807, 2.05) is 20.8 Å². The highest BCUT2D eigenvalue weighted by molar-refractivity contribution is 8.13. The van der Waals surface area contributed by atoms with Crippen molar-refractivity contribution in [2.45, 2.75) is 45.8 Å². The lowest BCUT2D eigenvalue weighted by molar-refractivity contribution is -0.117. The highest BCUT2D eigenvalue weighted by atomic mass is 32.2. The minimum absolute atomic E-state index is 0.152. The summed E-state index contributed by atoms with van der Waals surface area (Å²) in [5, 5.41) is 13.2. The van der Waals surface area contributed by atoms with E-state index in [-0.39, 0.29) is 16.6 Å². The zero-order chi connectivity index (χ0) is 11.5. The molecule has 2 atom stereocenters. The number of nitrogens with one attached hydrogen (secondary N) is 1. The molecule has 0 aromatic carbocycles. The molecular weight excluding hydrogens is 210 g/mol. The Bertz CT molecular complexity index is 219. The molecule has 0 saturated carbocycles. The van der Waals surface area contributed by atoms with Gasteiger partial charge in [-0.3, -0.25) is 4.79 Å². The smallest absolute Gasteiger partial charge is 0.194 e. The van der Waals surface area contributed by atoms with Gasteiger partial charge in [0.15, 0.2) is 5.12 Å². The van der Waals surface area contributed by atoms with E-state index in [0.29, 0.717) is 5.75 Å². The molecule has 0 aliphatic carbocycles. The molecule has 2 N–H and O–H groups in total. The zero-order valence-corrected chi connectivity index (χ0v) is 10.6. The van der Waals surface area contributed by atoms with Crippen molar-refractivity contribution in [3.8, 4) is 0 Å². The summed E-state index contributed by atoms with van der Waals surface area (Å²) in [5.74, 6) is 0.508. The summed E-state index contributed by atoms with van der Waals surface area (Å²) in [5.41, 5.74) is -0.312. The van der Waals surface area contributed by atoms with Crippen LogP contribution in [0.25, 0.3) is 0 Å². The average molecular weight is 231 g/mol. The summed E-state index contributed by atoms with van der Waals surface area (Å²) >= 11 is 1.25. The molecule has 0 aromatic heterocycles. The summed E-state index contributed by atoms with van der Waals surface area (Å²) in [6.07, 6.45) is 1.74. The first-order valence-electron chi connectivity index (χ1n) is 5.50. The number of carbonyl (C=O) groups is 1. The van der Waals surface area contributed by atoms with Crippen LogP contribution in [0.3, 0.4) is 0 Å². The number of hydrogen-bond acceptors (Lipinski definition) is 4. The molecule has 88 valence electrons. The van der Waals surface area contributed by atoms with Crippen molar-refractivity contribution in [1.82, 2.24) is 5.32 Å². The number of carbonyl (C=O) groups excluding carboxylic acids is 1. The number of rotatable bonds is 3. The van der Waals surface area contributed by atoms with Crippen LogP contribution >= 0.6 is 11.8 Å². The molecular formula is C11H21NO2S. The Kier molecular flexibility index (Phi) is 4.62. The zero-order valence-electron chi connectivity index (χ0n) is 9.75. The van der Waals surface area contributed by atoms with Gasteiger partial charge in [0.1, 0.15) is 0 Å². The molecule has 1 heterocycles. The Morgan fingerprint density at radius 1 is 1.60 bits per heavy atom. The van der Waals surface area contributed by atoms with Crippen LogP contribution < -0.4 is 5.32 Å². The van der Waals surface area contributed by atoms with Crippen LogP contribution in [-0.4, -0.2) is 34.7 Å². The Morgan fingerprint density at radius 3 is 2.73 bits per heavy atom. The maximum atomic E-state index is 11.6. The quantitative estimate of drug-likeness (QED) is 0.771. The minimum Gasteiger partial charge on any atom is -0.391 e. The second-order valence-electron chi connectivity index (χ2n) is 5.12. The van der Waals surface area contributed by atoms with E-state index in [9.17, 15) is 9.90 Å². The van der Waals surface area contributed by atoms with E-state index < -0.39 is 6.10 Å². The van der Waals surface area contributed by atoms with Crippen molar-refractivity contribution in [3.63, 3.8) is 0 Å². The molecule has 1 fully saturated rings. The van der Waals surface area contributed by atoms with Crippen molar-refractivity contribution in [2.24, 2.45) is 5.41 Å². The van der Waals surface area contributed by atoms with Gasteiger partial charge >= 0.3 is 0 Å². The molecule has 0 amide bonds. The standard InChI is InChI=1S/C11H21NO2S/c1-11(2,3)10(14)15-7-9(13)8-5-4-6-12-8/h8-9,12-13H,4-7H2,1-3H3/t8-,9+/m0/s1. The largest absolute Gasteiger partial charge is 0.391 e. The van der Waals surface area contributed by atoms with Crippen molar-refractivity contribution >= 4 is 16.9 Å². The van der Waals surface area contributed by atoms with Crippen LogP contribution in [-0.2, 0) is 4.79 Å². The van der Waals surface area contributed by atoms with Crippen molar-refractivity contribution in [2.75, 3.05) is 12.3 Å². The molecule has 1 rings (SSSR count). The van der Waals surface area contributed by atoms with Crippen molar-refractivity contribution in [1.29, 1.82) is 0 Å². The molecule has 4 heteroatoms. The van der Waals surface area contributed by atoms with Crippen LogP contribution in [0.1, 0.15) is 33.6 Å². The fraction of sp³-hybridized carbons (Fsp3) is 0.909. The molecule has 0 bridgehead atoms. The Hall–Kier alpha value is -0.0600. The number of aliphatic hydroxyl groups excluding tert-OH is 1. The first-order chi connectivity index (χ1) is 6.91. The van der Waals surface area contributed by atoms with E-state index in [4.69, 9.17) is 0 Å². The lowest BCUT2D eigenvalue weighted by Gasteiger charge is -2.20. The van der Waals surface area contributed by atoms with Gasteiger partial charge in [-0.05, 0) is 19.4 Å². The van der Waals surface area contributed by atoms with Gasteiger partial charge in [-0.2, -0.15) is 0 Å². The van der Waals surface area contributed by atoms with Gasteiger partial charge in [-0.25, -0.2) is 0 Å². The van der Waals surface area contributed by atoms with E-state index in [0.717, 1.165) is 19.4 Å². The lowest BCUT2D eigenvalue weighted by Crippen LogP contribution is -2.37. The van der Waals surface area contributed by atoms with Gasteiger partial charge in [-0.1, -0.05) is 32.5 Å². The lowest BCUT2D eigenvalue weighted by atomic mass is 10.00. The second-order valence-corrected chi connectivity index (χ2v) is 6.11. The fourth-order valence-electron chi connectivity index (χ4n) is 1.53. The molecule has 1 aliphatic heterocycles. The molecule has 0 radical (unpaired) electrons. The number of thioether (sulfide) groups is 1. The highest BCUT2D eigenvalue weighted by Crippen LogP contribution is 2.24. The topological polar surface area (TPSA) is 49.3 Å². The predicted molar refractivity (Wildman–Crippen MR) is 64.0 cm³/mol. The van der Waals surface area contributed by atoms with Gasteiger partial charge in [0, 0.05) is 17.2 Å². The molecule has 15 heavy (non-hydrogen) atoms. The highest BCUT2D eigenvalue weighted by Gasteiger charge is 2.26. The van der Waals surface area contributed by atoms with Gasteiger partial charge in [0.2, 0.25) is 0 Å². The van der Waals surface area contributed by atoms with Crippen LogP contribution in [0.4, 0.5) is 0 Å². The maximum absolute atomic E-state index is 11.6. The summed E-state index contributed by atoms with van der Waals surface area (Å²) in [4.78, 5) is 11.6. The third-order valence-electron chi connectivity index (χ3n) is 2.56. The summed E-state index contributed by atoms with van der Waals surface area (Å²) < 4.78 is 0. The third kappa shape index (κ3) is 4.13. The number of hydrogen-bond donors (Lipinski definition) is 2. The molecule has 1 saturated heterocycles. The van der Waals surface area contributed by atoms with E-state index in [1.165, 1.54) is 11.8 Å². The summed E-state index contributed by atoms with van der Waals surface area (Å²) in [7, 11) is 0. The molecule has 3 nitrogen and oxygen atoms in total. The first kappa shape index (κ1) is 13.0. The second kappa shape index (κ2) is 5.32. The summed E-state index contributed by atoms with van der Waals surface area (Å²) in [6, 6.07) is 0.185. The van der Waals surface area contributed by atoms with Crippen LogP contribution in [0.15, 0.2) is 0 Å². The molecule has 0 unspecified atom stereocenters. The van der Waals surface area contributed by atoms with E-state index >= 15 is 0 Å².